The topological polar surface area (TPSA) is 50.5 Å². The third-order valence-electron chi connectivity index (χ3n) is 6.36. The molecule has 1 aliphatic rings. The summed E-state index contributed by atoms with van der Waals surface area (Å²) < 4.78 is 13.3. The highest BCUT2D eigenvalue weighted by atomic mass is 19.1. The average molecular weight is 430 g/mol. The molecule has 4 nitrogen and oxygen atoms in total. The Morgan fingerprint density at radius 3 is 2.47 bits per heavy atom. The van der Waals surface area contributed by atoms with Gasteiger partial charge in [-0.2, -0.15) is 5.26 Å². The highest BCUT2D eigenvalue weighted by Crippen LogP contribution is 2.36. The van der Waals surface area contributed by atoms with Crippen molar-refractivity contribution in [1.82, 2.24) is 9.80 Å². The number of hydrogen-bond donors (Lipinski definition) is 1. The van der Waals surface area contributed by atoms with Crippen LogP contribution < -0.4 is 0 Å². The van der Waals surface area contributed by atoms with Crippen LogP contribution in [0.25, 0.3) is 0 Å². The summed E-state index contributed by atoms with van der Waals surface area (Å²) in [5.74, 6) is 0.00249. The van der Waals surface area contributed by atoms with Crippen molar-refractivity contribution in [2.75, 3.05) is 13.1 Å². The summed E-state index contributed by atoms with van der Waals surface area (Å²) in [4.78, 5) is 4.85. The largest absolute Gasteiger partial charge is 0.508 e. The summed E-state index contributed by atoms with van der Waals surface area (Å²) in [6.07, 6.45) is 0. The monoisotopic (exact) mass is 429 g/mol. The van der Waals surface area contributed by atoms with Crippen LogP contribution in [0.2, 0.25) is 0 Å². The first-order valence-electron chi connectivity index (χ1n) is 11.0. The molecule has 1 heterocycles. The summed E-state index contributed by atoms with van der Waals surface area (Å²) in [6, 6.07) is 24.4. The van der Waals surface area contributed by atoms with Gasteiger partial charge in [-0.25, -0.2) is 4.39 Å². The van der Waals surface area contributed by atoms with Crippen LogP contribution in [0, 0.1) is 17.1 Å². The smallest absolute Gasteiger partial charge is 0.123 e. The predicted octanol–water partition coefficient (Wildman–Crippen LogP) is 5.09. The van der Waals surface area contributed by atoms with E-state index in [-0.39, 0.29) is 29.7 Å². The lowest BCUT2D eigenvalue weighted by atomic mass is 9.90. The summed E-state index contributed by atoms with van der Waals surface area (Å²) in [5, 5.41) is 19.9. The Hall–Kier alpha value is -3.20. The van der Waals surface area contributed by atoms with E-state index in [1.165, 1.54) is 12.1 Å². The van der Waals surface area contributed by atoms with Crippen LogP contribution in [-0.2, 0) is 6.54 Å². The van der Waals surface area contributed by atoms with Crippen molar-refractivity contribution >= 4 is 0 Å². The van der Waals surface area contributed by atoms with E-state index in [4.69, 9.17) is 0 Å². The molecule has 0 aromatic heterocycles. The van der Waals surface area contributed by atoms with E-state index in [1.807, 2.05) is 48.5 Å². The standard InChI is InChI=1S/C27H28FN3O/c1-19-17-31(20(2)16-30(19)18-21-10-12-24(28)13-11-21)27(22-7-5-8-25(32)14-22)26-9-4-3-6-23(26)15-29/h3-14,19-20,27,32H,16-18H2,1-2H3/t19-,20+,27?/m1/s1. The summed E-state index contributed by atoms with van der Waals surface area (Å²) in [7, 11) is 0. The van der Waals surface area contributed by atoms with Crippen LogP contribution in [0.15, 0.2) is 72.8 Å². The molecule has 5 heteroatoms. The molecule has 0 bridgehead atoms. The van der Waals surface area contributed by atoms with Crippen molar-refractivity contribution in [2.45, 2.75) is 38.5 Å². The number of phenolic OH excluding ortho intramolecular Hbond substituents is 1. The van der Waals surface area contributed by atoms with Crippen LogP contribution >= 0.6 is 0 Å². The second-order valence-corrected chi connectivity index (χ2v) is 8.65. The summed E-state index contributed by atoms with van der Waals surface area (Å²) >= 11 is 0. The number of nitrogens with zero attached hydrogens (tertiary/aromatic N) is 3. The van der Waals surface area contributed by atoms with Gasteiger partial charge >= 0.3 is 0 Å². The van der Waals surface area contributed by atoms with Gasteiger partial charge in [-0.15, -0.1) is 0 Å². The Balaban J connectivity index is 1.65. The van der Waals surface area contributed by atoms with Gasteiger partial charge in [0.15, 0.2) is 0 Å². The fourth-order valence-electron chi connectivity index (χ4n) is 4.71. The number of aromatic hydroxyl groups is 1. The number of phenols is 1. The van der Waals surface area contributed by atoms with Crippen LogP contribution in [0.5, 0.6) is 5.75 Å². The quantitative estimate of drug-likeness (QED) is 0.614. The van der Waals surface area contributed by atoms with Gasteiger partial charge in [-0.3, -0.25) is 9.80 Å². The number of hydrogen-bond acceptors (Lipinski definition) is 4. The lowest BCUT2D eigenvalue weighted by Crippen LogP contribution is -2.56. The number of benzene rings is 3. The molecule has 3 atom stereocenters. The molecule has 0 spiro atoms. The van der Waals surface area contributed by atoms with Crippen LogP contribution in [0.4, 0.5) is 4.39 Å². The minimum atomic E-state index is -0.218. The minimum absolute atomic E-state index is 0.136. The van der Waals surface area contributed by atoms with Crippen molar-refractivity contribution in [3.05, 3.63) is 101 Å². The molecule has 1 fully saturated rings. The fraction of sp³-hybridized carbons (Fsp3) is 0.296. The zero-order valence-corrected chi connectivity index (χ0v) is 18.4. The molecule has 164 valence electrons. The number of nitriles is 1. The molecule has 1 saturated heterocycles. The van der Waals surface area contributed by atoms with Gasteiger partial charge in [0.1, 0.15) is 11.6 Å². The van der Waals surface area contributed by atoms with E-state index in [0.29, 0.717) is 5.56 Å². The molecule has 0 amide bonds. The van der Waals surface area contributed by atoms with E-state index in [1.54, 1.807) is 12.1 Å². The van der Waals surface area contributed by atoms with Gasteiger partial charge in [-0.05, 0) is 60.9 Å². The number of piperazine rings is 1. The fourth-order valence-corrected chi connectivity index (χ4v) is 4.71. The van der Waals surface area contributed by atoms with Gasteiger partial charge in [0.05, 0.1) is 17.7 Å². The van der Waals surface area contributed by atoms with Gasteiger partial charge in [0, 0.05) is 31.7 Å². The lowest BCUT2D eigenvalue weighted by molar-refractivity contribution is 0.0194. The Labute approximate surface area is 189 Å². The first kappa shape index (κ1) is 22.0. The molecule has 3 aromatic rings. The first-order valence-corrected chi connectivity index (χ1v) is 11.0. The SMILES string of the molecule is C[C@@H]1CN(C(c2cccc(O)c2)c2ccccc2C#N)[C@@H](C)CN1Cc1ccc(F)cc1. The van der Waals surface area contributed by atoms with Crippen molar-refractivity contribution in [2.24, 2.45) is 0 Å². The molecule has 1 aliphatic heterocycles. The van der Waals surface area contributed by atoms with Crippen LogP contribution in [0.3, 0.4) is 0 Å². The van der Waals surface area contributed by atoms with Crippen molar-refractivity contribution in [3.8, 4) is 11.8 Å². The zero-order chi connectivity index (χ0) is 22.7. The molecule has 1 unspecified atom stereocenters. The Morgan fingerprint density at radius 2 is 1.75 bits per heavy atom. The van der Waals surface area contributed by atoms with Gasteiger partial charge < -0.3 is 5.11 Å². The average Bonchev–Trinajstić information content (AvgIpc) is 2.79. The third kappa shape index (κ3) is 4.67. The van der Waals surface area contributed by atoms with Gasteiger partial charge in [-0.1, -0.05) is 42.5 Å². The van der Waals surface area contributed by atoms with Crippen LogP contribution in [0.1, 0.15) is 42.1 Å². The van der Waals surface area contributed by atoms with E-state index >= 15 is 0 Å². The van der Waals surface area contributed by atoms with Crippen molar-refractivity contribution in [3.63, 3.8) is 0 Å². The summed E-state index contributed by atoms with van der Waals surface area (Å²) in [5.41, 5.74) is 3.66. The van der Waals surface area contributed by atoms with E-state index in [0.717, 1.165) is 36.3 Å². The minimum Gasteiger partial charge on any atom is -0.508 e. The van der Waals surface area contributed by atoms with Gasteiger partial charge in [0.2, 0.25) is 0 Å². The maximum Gasteiger partial charge on any atom is 0.123 e. The molecular formula is C27H28FN3O. The van der Waals surface area contributed by atoms with E-state index in [9.17, 15) is 14.8 Å². The molecule has 0 radical (unpaired) electrons. The molecule has 32 heavy (non-hydrogen) atoms. The lowest BCUT2D eigenvalue weighted by Gasteiger charge is -2.48. The number of halogens is 1. The molecule has 0 saturated carbocycles. The second kappa shape index (κ2) is 9.52. The van der Waals surface area contributed by atoms with E-state index in [2.05, 4.69) is 29.7 Å². The third-order valence-corrected chi connectivity index (χ3v) is 6.36. The molecular weight excluding hydrogens is 401 g/mol. The maximum absolute atomic E-state index is 13.3. The van der Waals surface area contributed by atoms with Crippen LogP contribution in [-0.4, -0.2) is 40.1 Å². The molecule has 3 aromatic carbocycles. The highest BCUT2D eigenvalue weighted by Gasteiger charge is 2.35. The Kier molecular flexibility index (Phi) is 6.55. The number of rotatable bonds is 5. The molecule has 4 rings (SSSR count). The Morgan fingerprint density at radius 1 is 1.00 bits per heavy atom. The highest BCUT2D eigenvalue weighted by molar-refractivity contribution is 5.45. The van der Waals surface area contributed by atoms with Crippen molar-refractivity contribution in [1.29, 1.82) is 5.26 Å². The Bertz CT molecular complexity index is 1110. The van der Waals surface area contributed by atoms with E-state index < -0.39 is 0 Å². The first-order chi connectivity index (χ1) is 15.5. The van der Waals surface area contributed by atoms with Gasteiger partial charge in [0.25, 0.3) is 0 Å². The second-order valence-electron chi connectivity index (χ2n) is 8.65. The molecule has 1 N–H and O–H groups in total. The molecule has 0 aliphatic carbocycles. The predicted molar refractivity (Wildman–Crippen MR) is 124 cm³/mol. The zero-order valence-electron chi connectivity index (χ0n) is 18.4. The normalized spacial score (nSPS) is 20.6. The summed E-state index contributed by atoms with van der Waals surface area (Å²) in [6.45, 7) is 6.84. The maximum atomic E-state index is 13.3. The van der Waals surface area contributed by atoms with Crippen molar-refractivity contribution < 1.29 is 9.50 Å².